The zero-order valence-electron chi connectivity index (χ0n) is 16.2. The highest BCUT2D eigenvalue weighted by Gasteiger charge is 2.21. The van der Waals surface area contributed by atoms with E-state index in [4.69, 9.17) is 4.74 Å². The van der Waals surface area contributed by atoms with Crippen molar-refractivity contribution in [1.82, 2.24) is 4.57 Å². The SMILES string of the molecule is COc1ccccc1-c1c(NC(=O)c2ccccc2)n(C)c2ccccc2c1=O. The van der Waals surface area contributed by atoms with Crippen molar-refractivity contribution in [2.75, 3.05) is 12.4 Å². The Labute approximate surface area is 168 Å². The molecule has 4 aromatic rings. The van der Waals surface area contributed by atoms with Gasteiger partial charge in [0.05, 0.1) is 18.2 Å². The molecule has 1 amide bonds. The first-order valence-electron chi connectivity index (χ1n) is 9.23. The normalized spacial score (nSPS) is 10.7. The van der Waals surface area contributed by atoms with Gasteiger partial charge in [0, 0.05) is 23.6 Å². The molecular formula is C24H20N2O3. The number of nitrogens with zero attached hydrogens (tertiary/aromatic N) is 1. The van der Waals surface area contributed by atoms with Crippen LogP contribution in [-0.4, -0.2) is 17.6 Å². The Balaban J connectivity index is 2.00. The highest BCUT2D eigenvalue weighted by Crippen LogP contribution is 2.34. The van der Waals surface area contributed by atoms with E-state index < -0.39 is 0 Å². The van der Waals surface area contributed by atoms with Crippen LogP contribution in [0.5, 0.6) is 5.75 Å². The zero-order valence-corrected chi connectivity index (χ0v) is 16.2. The van der Waals surface area contributed by atoms with E-state index >= 15 is 0 Å². The molecule has 0 unspecified atom stereocenters. The van der Waals surface area contributed by atoms with Crippen LogP contribution < -0.4 is 15.5 Å². The number of rotatable bonds is 4. The minimum Gasteiger partial charge on any atom is -0.496 e. The lowest BCUT2D eigenvalue weighted by Crippen LogP contribution is -2.21. The fourth-order valence-corrected chi connectivity index (χ4v) is 3.51. The number of ether oxygens (including phenoxy) is 1. The Kier molecular flexibility index (Phi) is 4.87. The van der Waals surface area contributed by atoms with Crippen molar-refractivity contribution < 1.29 is 9.53 Å². The number of aryl methyl sites for hydroxylation is 1. The van der Waals surface area contributed by atoms with E-state index in [1.165, 1.54) is 0 Å². The third-order valence-electron chi connectivity index (χ3n) is 4.95. The van der Waals surface area contributed by atoms with E-state index in [0.29, 0.717) is 33.6 Å². The molecule has 0 saturated heterocycles. The van der Waals surface area contributed by atoms with Crippen molar-refractivity contribution in [3.8, 4) is 16.9 Å². The molecule has 1 N–H and O–H groups in total. The van der Waals surface area contributed by atoms with Crippen LogP contribution in [0.3, 0.4) is 0 Å². The molecule has 0 aliphatic carbocycles. The molecule has 0 bridgehead atoms. The van der Waals surface area contributed by atoms with Crippen LogP contribution >= 0.6 is 0 Å². The van der Waals surface area contributed by atoms with Crippen LogP contribution in [0.4, 0.5) is 5.82 Å². The smallest absolute Gasteiger partial charge is 0.256 e. The molecule has 0 radical (unpaired) electrons. The molecule has 5 heteroatoms. The van der Waals surface area contributed by atoms with E-state index in [0.717, 1.165) is 5.52 Å². The highest BCUT2D eigenvalue weighted by atomic mass is 16.5. The average Bonchev–Trinajstić information content (AvgIpc) is 2.78. The standard InChI is InChI=1S/C24H20N2O3/c1-26-19-14-8-6-12-17(19)22(27)21(18-13-7-9-15-20(18)29-2)23(26)25-24(28)16-10-4-3-5-11-16/h3-15H,1-2H3,(H,25,28). The molecule has 0 spiro atoms. The molecule has 1 aromatic heterocycles. The second-order valence-corrected chi connectivity index (χ2v) is 6.65. The van der Waals surface area contributed by atoms with Crippen LogP contribution in [0.1, 0.15) is 10.4 Å². The molecule has 0 aliphatic rings. The maximum absolute atomic E-state index is 13.5. The van der Waals surface area contributed by atoms with Gasteiger partial charge in [0.2, 0.25) is 0 Å². The van der Waals surface area contributed by atoms with E-state index in [2.05, 4.69) is 5.32 Å². The number of hydrogen-bond donors (Lipinski definition) is 1. The average molecular weight is 384 g/mol. The van der Waals surface area contributed by atoms with Crippen LogP contribution in [0.2, 0.25) is 0 Å². The van der Waals surface area contributed by atoms with Crippen molar-refractivity contribution in [2.45, 2.75) is 0 Å². The topological polar surface area (TPSA) is 60.3 Å². The molecule has 29 heavy (non-hydrogen) atoms. The van der Waals surface area contributed by atoms with Gasteiger partial charge in [-0.15, -0.1) is 0 Å². The summed E-state index contributed by atoms with van der Waals surface area (Å²) in [5.41, 5.74) is 2.11. The number of benzene rings is 3. The number of hydrogen-bond acceptors (Lipinski definition) is 3. The molecule has 0 atom stereocenters. The molecule has 0 aliphatic heterocycles. The van der Waals surface area contributed by atoms with Crippen molar-refractivity contribution in [3.63, 3.8) is 0 Å². The third-order valence-corrected chi connectivity index (χ3v) is 4.95. The molecule has 4 rings (SSSR count). The maximum atomic E-state index is 13.5. The van der Waals surface area contributed by atoms with Crippen LogP contribution in [0, 0.1) is 0 Å². The Morgan fingerprint density at radius 1 is 0.897 bits per heavy atom. The number of pyridine rings is 1. The van der Waals surface area contributed by atoms with Gasteiger partial charge in [-0.2, -0.15) is 0 Å². The van der Waals surface area contributed by atoms with Crippen LogP contribution in [0.25, 0.3) is 22.0 Å². The number of fused-ring (bicyclic) bond motifs is 1. The first kappa shape index (κ1) is 18.5. The molecule has 144 valence electrons. The van der Waals surface area contributed by atoms with Crippen LogP contribution in [-0.2, 0) is 7.05 Å². The van der Waals surface area contributed by atoms with Gasteiger partial charge in [-0.3, -0.25) is 9.59 Å². The second-order valence-electron chi connectivity index (χ2n) is 6.65. The third kappa shape index (κ3) is 3.27. The first-order valence-corrected chi connectivity index (χ1v) is 9.23. The van der Waals surface area contributed by atoms with Gasteiger partial charge in [-0.25, -0.2) is 0 Å². The molecule has 0 saturated carbocycles. The second kappa shape index (κ2) is 7.64. The highest BCUT2D eigenvalue weighted by molar-refractivity contribution is 6.07. The molecule has 1 heterocycles. The summed E-state index contributed by atoms with van der Waals surface area (Å²) in [4.78, 5) is 26.4. The number of aromatic nitrogens is 1. The lowest BCUT2D eigenvalue weighted by atomic mass is 10.0. The Hall–Kier alpha value is -3.86. The number of amides is 1. The monoisotopic (exact) mass is 384 g/mol. The van der Waals surface area contributed by atoms with Gasteiger partial charge >= 0.3 is 0 Å². The summed E-state index contributed by atoms with van der Waals surface area (Å²) >= 11 is 0. The first-order chi connectivity index (χ1) is 14.1. The van der Waals surface area contributed by atoms with E-state index in [-0.39, 0.29) is 11.3 Å². The van der Waals surface area contributed by atoms with Gasteiger partial charge < -0.3 is 14.6 Å². The Morgan fingerprint density at radius 2 is 1.55 bits per heavy atom. The summed E-state index contributed by atoms with van der Waals surface area (Å²) in [6.45, 7) is 0. The van der Waals surface area contributed by atoms with Crippen LogP contribution in [0.15, 0.2) is 83.7 Å². The number of nitrogens with one attached hydrogen (secondary N) is 1. The maximum Gasteiger partial charge on any atom is 0.256 e. The number of carbonyl (C=O) groups is 1. The predicted octanol–water partition coefficient (Wildman–Crippen LogP) is 4.47. The van der Waals surface area contributed by atoms with Gasteiger partial charge in [-0.05, 0) is 30.3 Å². The summed E-state index contributed by atoms with van der Waals surface area (Å²) in [5, 5.41) is 3.52. The Morgan fingerprint density at radius 3 is 2.31 bits per heavy atom. The predicted molar refractivity (Wildman–Crippen MR) is 116 cm³/mol. The summed E-state index contributed by atoms with van der Waals surface area (Å²) in [6.07, 6.45) is 0. The van der Waals surface area contributed by atoms with Crippen molar-refractivity contribution >= 4 is 22.6 Å². The summed E-state index contributed by atoms with van der Waals surface area (Å²) in [6, 6.07) is 23.6. The lowest BCUT2D eigenvalue weighted by molar-refractivity contribution is 0.102. The molecule has 0 fully saturated rings. The summed E-state index contributed by atoms with van der Waals surface area (Å²) in [7, 11) is 3.40. The molecular weight excluding hydrogens is 364 g/mol. The molecule has 3 aromatic carbocycles. The number of carbonyl (C=O) groups excluding carboxylic acids is 1. The van der Waals surface area contributed by atoms with Crippen molar-refractivity contribution in [3.05, 3.63) is 94.6 Å². The van der Waals surface area contributed by atoms with Crippen molar-refractivity contribution in [1.29, 1.82) is 0 Å². The van der Waals surface area contributed by atoms with Gasteiger partial charge in [0.25, 0.3) is 5.91 Å². The van der Waals surface area contributed by atoms with Crippen molar-refractivity contribution in [2.24, 2.45) is 7.05 Å². The number of anilines is 1. The fraction of sp³-hybridized carbons (Fsp3) is 0.0833. The summed E-state index contributed by atoms with van der Waals surface area (Å²) < 4.78 is 7.32. The minimum absolute atomic E-state index is 0.161. The fourth-order valence-electron chi connectivity index (χ4n) is 3.51. The quantitative estimate of drug-likeness (QED) is 0.565. The molecule has 5 nitrogen and oxygen atoms in total. The van der Waals surface area contributed by atoms with Gasteiger partial charge in [-0.1, -0.05) is 48.5 Å². The summed E-state index contributed by atoms with van der Waals surface area (Å²) in [5.74, 6) is 0.703. The number of methoxy groups -OCH3 is 1. The van der Waals surface area contributed by atoms with E-state index in [1.54, 1.807) is 43.5 Å². The minimum atomic E-state index is -0.285. The van der Waals surface area contributed by atoms with Gasteiger partial charge in [0.1, 0.15) is 11.6 Å². The van der Waals surface area contributed by atoms with Gasteiger partial charge in [0.15, 0.2) is 5.43 Å². The Bertz CT molecular complexity index is 1260. The largest absolute Gasteiger partial charge is 0.496 e. The van der Waals surface area contributed by atoms with E-state index in [1.807, 2.05) is 54.1 Å². The lowest BCUT2D eigenvalue weighted by Gasteiger charge is -2.19. The number of para-hydroxylation sites is 2. The zero-order chi connectivity index (χ0) is 20.4. The van der Waals surface area contributed by atoms with E-state index in [9.17, 15) is 9.59 Å².